The highest BCUT2D eigenvalue weighted by Gasteiger charge is 2.53. The lowest BCUT2D eigenvalue weighted by Gasteiger charge is -2.07. The van der Waals surface area contributed by atoms with E-state index in [2.05, 4.69) is 10.6 Å². The summed E-state index contributed by atoms with van der Waals surface area (Å²) in [5, 5.41) is 7.10. The topological polar surface area (TPSA) is 41.1 Å². The lowest BCUT2D eigenvalue weighted by molar-refractivity contribution is -0.120. The van der Waals surface area contributed by atoms with Crippen molar-refractivity contribution in [1.82, 2.24) is 10.6 Å². The van der Waals surface area contributed by atoms with Crippen molar-refractivity contribution in [3.8, 4) is 0 Å². The third-order valence-electron chi connectivity index (χ3n) is 3.67. The highest BCUT2D eigenvalue weighted by Crippen LogP contribution is 2.41. The molecule has 17 heavy (non-hydrogen) atoms. The summed E-state index contributed by atoms with van der Waals surface area (Å²) >= 11 is 5.88. The molecular weight excluding hydrogens is 236 g/mol. The van der Waals surface area contributed by atoms with Crippen LogP contribution in [-0.4, -0.2) is 25.0 Å². The summed E-state index contributed by atoms with van der Waals surface area (Å²) in [4.78, 5) is 11.8. The molecule has 0 bridgehead atoms. The number of hydrogen-bond donors (Lipinski definition) is 2. The number of benzene rings is 1. The molecule has 1 saturated heterocycles. The Hall–Kier alpha value is -1.06. The van der Waals surface area contributed by atoms with Crippen LogP contribution in [0.1, 0.15) is 5.56 Å². The van der Waals surface area contributed by atoms with E-state index in [0.29, 0.717) is 29.3 Å². The van der Waals surface area contributed by atoms with Gasteiger partial charge in [-0.15, -0.1) is 0 Å². The largest absolute Gasteiger partial charge is 0.352 e. The minimum Gasteiger partial charge on any atom is -0.352 e. The Morgan fingerprint density at radius 2 is 2.18 bits per heavy atom. The van der Waals surface area contributed by atoms with Crippen LogP contribution in [0.2, 0.25) is 5.02 Å². The number of carbonyl (C=O) groups is 1. The molecule has 2 N–H and O–H groups in total. The zero-order valence-corrected chi connectivity index (χ0v) is 10.2. The molecule has 0 radical (unpaired) electrons. The van der Waals surface area contributed by atoms with E-state index in [-0.39, 0.29) is 5.91 Å². The van der Waals surface area contributed by atoms with Crippen LogP contribution in [-0.2, 0) is 11.2 Å². The van der Waals surface area contributed by atoms with Gasteiger partial charge in [0.1, 0.15) is 0 Å². The Labute approximate surface area is 106 Å². The second kappa shape index (κ2) is 4.31. The van der Waals surface area contributed by atoms with Crippen molar-refractivity contribution in [3.05, 3.63) is 34.9 Å². The number of piperidine rings is 1. The number of rotatable bonds is 3. The predicted molar refractivity (Wildman–Crippen MR) is 66.9 cm³/mol. The van der Waals surface area contributed by atoms with E-state index in [1.54, 1.807) is 0 Å². The first-order valence-corrected chi connectivity index (χ1v) is 6.36. The fraction of sp³-hybridized carbons (Fsp3) is 0.462. The molecule has 1 heterocycles. The summed E-state index contributed by atoms with van der Waals surface area (Å²) < 4.78 is 0. The molecule has 1 aromatic rings. The van der Waals surface area contributed by atoms with Gasteiger partial charge in [0.2, 0.25) is 5.91 Å². The van der Waals surface area contributed by atoms with E-state index in [1.165, 1.54) is 0 Å². The van der Waals surface area contributed by atoms with Crippen LogP contribution in [0.5, 0.6) is 0 Å². The minimum atomic E-state index is 0.103. The number of nitrogens with one attached hydrogen (secondary N) is 2. The van der Waals surface area contributed by atoms with E-state index >= 15 is 0 Å². The van der Waals surface area contributed by atoms with Gasteiger partial charge in [-0.2, -0.15) is 0 Å². The molecule has 3 rings (SSSR count). The molecule has 90 valence electrons. The first kappa shape index (κ1) is 11.1. The average molecular weight is 251 g/mol. The first-order chi connectivity index (χ1) is 8.24. The second-order valence-electron chi connectivity index (χ2n) is 4.89. The smallest absolute Gasteiger partial charge is 0.224 e. The summed E-state index contributed by atoms with van der Waals surface area (Å²) in [6.45, 7) is 2.10. The van der Waals surface area contributed by atoms with Crippen molar-refractivity contribution in [1.29, 1.82) is 0 Å². The molecule has 1 saturated carbocycles. The first-order valence-electron chi connectivity index (χ1n) is 5.98. The Bertz CT molecular complexity index is 439. The zero-order valence-electron chi connectivity index (χ0n) is 9.45. The predicted octanol–water partition coefficient (Wildman–Crippen LogP) is 1.22. The fourth-order valence-corrected chi connectivity index (χ4v) is 2.91. The van der Waals surface area contributed by atoms with Gasteiger partial charge in [-0.05, 0) is 29.5 Å². The van der Waals surface area contributed by atoms with Crippen LogP contribution in [0.25, 0.3) is 0 Å². The van der Waals surface area contributed by atoms with Crippen molar-refractivity contribution in [2.45, 2.75) is 12.5 Å². The molecule has 0 aromatic heterocycles. The van der Waals surface area contributed by atoms with Crippen LogP contribution in [0.15, 0.2) is 24.3 Å². The summed E-state index contributed by atoms with van der Waals surface area (Å²) in [7, 11) is 0. The van der Waals surface area contributed by atoms with Crippen molar-refractivity contribution in [2.75, 3.05) is 13.1 Å². The molecule has 2 unspecified atom stereocenters. The van der Waals surface area contributed by atoms with Gasteiger partial charge in [-0.3, -0.25) is 4.79 Å². The minimum absolute atomic E-state index is 0.103. The lowest BCUT2D eigenvalue weighted by atomic mass is 10.1. The van der Waals surface area contributed by atoms with E-state index < -0.39 is 0 Å². The molecule has 4 heteroatoms. The summed E-state index contributed by atoms with van der Waals surface area (Å²) in [6.07, 6.45) is 0.421. The zero-order chi connectivity index (χ0) is 11.8. The van der Waals surface area contributed by atoms with Crippen molar-refractivity contribution >= 4 is 17.5 Å². The summed E-state index contributed by atoms with van der Waals surface area (Å²) in [5.41, 5.74) is 0.971. The van der Waals surface area contributed by atoms with Crippen LogP contribution >= 0.6 is 11.6 Å². The Balaban J connectivity index is 1.54. The average Bonchev–Trinajstić information content (AvgIpc) is 2.74. The van der Waals surface area contributed by atoms with Gasteiger partial charge < -0.3 is 10.6 Å². The molecule has 3 nitrogen and oxygen atoms in total. The maximum absolute atomic E-state index is 11.8. The fourth-order valence-electron chi connectivity index (χ4n) is 2.70. The van der Waals surface area contributed by atoms with Gasteiger partial charge in [-0.25, -0.2) is 0 Å². The monoisotopic (exact) mass is 250 g/mol. The highest BCUT2D eigenvalue weighted by atomic mass is 35.5. The standard InChI is InChI=1S/C13H15ClN2O/c14-9-3-1-2-8(4-9)5-12(17)16-13-10-6-15-7-11(10)13/h1-4,10-11,13,15H,5-7H2,(H,16,17). The van der Waals surface area contributed by atoms with Crippen LogP contribution < -0.4 is 10.6 Å². The molecule has 1 aliphatic carbocycles. The van der Waals surface area contributed by atoms with Crippen LogP contribution in [0.3, 0.4) is 0 Å². The van der Waals surface area contributed by atoms with Gasteiger partial charge in [-0.1, -0.05) is 23.7 Å². The van der Waals surface area contributed by atoms with Gasteiger partial charge in [0.25, 0.3) is 0 Å². The molecule has 0 spiro atoms. The normalized spacial score (nSPS) is 29.8. The van der Waals surface area contributed by atoms with Crippen molar-refractivity contribution < 1.29 is 4.79 Å². The third-order valence-corrected chi connectivity index (χ3v) is 3.91. The van der Waals surface area contributed by atoms with E-state index in [1.807, 2.05) is 24.3 Å². The number of carbonyl (C=O) groups excluding carboxylic acids is 1. The SMILES string of the molecule is O=C(Cc1cccc(Cl)c1)NC1C2CNCC21. The van der Waals surface area contributed by atoms with Crippen molar-refractivity contribution in [3.63, 3.8) is 0 Å². The quantitative estimate of drug-likeness (QED) is 0.847. The van der Waals surface area contributed by atoms with Gasteiger partial charge in [0.15, 0.2) is 0 Å². The Morgan fingerprint density at radius 1 is 1.41 bits per heavy atom. The maximum atomic E-state index is 11.8. The molecule has 1 aromatic carbocycles. The number of halogens is 1. The summed E-state index contributed by atoms with van der Waals surface area (Å²) in [6, 6.07) is 7.88. The molecular formula is C13H15ClN2O. The van der Waals surface area contributed by atoms with E-state index in [9.17, 15) is 4.79 Å². The molecule has 1 aliphatic heterocycles. The molecule has 2 atom stereocenters. The molecule has 2 fully saturated rings. The number of hydrogen-bond acceptors (Lipinski definition) is 2. The lowest BCUT2D eigenvalue weighted by Crippen LogP contribution is -2.33. The number of fused-ring (bicyclic) bond motifs is 1. The maximum Gasteiger partial charge on any atom is 0.224 e. The van der Waals surface area contributed by atoms with Gasteiger partial charge in [0.05, 0.1) is 6.42 Å². The van der Waals surface area contributed by atoms with Gasteiger partial charge >= 0.3 is 0 Å². The van der Waals surface area contributed by atoms with Crippen LogP contribution in [0.4, 0.5) is 0 Å². The highest BCUT2D eigenvalue weighted by molar-refractivity contribution is 6.30. The van der Waals surface area contributed by atoms with Gasteiger partial charge in [0, 0.05) is 24.2 Å². The van der Waals surface area contributed by atoms with E-state index in [0.717, 1.165) is 18.7 Å². The Kier molecular flexibility index (Phi) is 2.81. The van der Waals surface area contributed by atoms with Crippen LogP contribution in [0, 0.1) is 11.8 Å². The summed E-state index contributed by atoms with van der Waals surface area (Å²) in [5.74, 6) is 1.43. The van der Waals surface area contributed by atoms with Crippen molar-refractivity contribution in [2.24, 2.45) is 11.8 Å². The van der Waals surface area contributed by atoms with E-state index in [4.69, 9.17) is 11.6 Å². The molecule has 2 aliphatic rings. The second-order valence-corrected chi connectivity index (χ2v) is 5.32. The number of amides is 1. The Morgan fingerprint density at radius 3 is 2.88 bits per heavy atom. The third kappa shape index (κ3) is 2.31. The molecule has 1 amide bonds.